The third-order valence-corrected chi connectivity index (χ3v) is 4.48. The van der Waals surface area contributed by atoms with Crippen molar-refractivity contribution in [3.63, 3.8) is 0 Å². The lowest BCUT2D eigenvalue weighted by Gasteiger charge is -2.35. The Morgan fingerprint density at radius 1 is 1.39 bits per heavy atom. The number of halogens is 1. The Balaban J connectivity index is 2.14. The lowest BCUT2D eigenvalue weighted by Crippen LogP contribution is -2.40. The molecule has 1 heterocycles. The smallest absolute Gasteiger partial charge is 0.123 e. The summed E-state index contributed by atoms with van der Waals surface area (Å²) in [7, 11) is 1.76. The molecule has 1 aromatic rings. The normalized spacial score (nSPS) is 20.9. The molecule has 2 nitrogen and oxygen atoms in total. The molecule has 0 aromatic heterocycles. The fourth-order valence-electron chi connectivity index (χ4n) is 2.69. The van der Waals surface area contributed by atoms with Gasteiger partial charge in [-0.1, -0.05) is 40.0 Å². The van der Waals surface area contributed by atoms with Crippen LogP contribution in [0.25, 0.3) is 0 Å². The summed E-state index contributed by atoms with van der Waals surface area (Å²) < 4.78 is 5.47. The van der Waals surface area contributed by atoms with Crippen LogP contribution in [0.4, 0.5) is 0 Å². The van der Waals surface area contributed by atoms with Gasteiger partial charge in [0.05, 0.1) is 7.11 Å². The number of rotatable bonds is 4. The molecule has 0 spiro atoms. The number of alkyl halides is 1. The lowest BCUT2D eigenvalue weighted by molar-refractivity contribution is 0.155. The van der Waals surface area contributed by atoms with Crippen molar-refractivity contribution in [1.82, 2.24) is 4.90 Å². The van der Waals surface area contributed by atoms with Crippen LogP contribution in [-0.2, 0) is 6.54 Å². The van der Waals surface area contributed by atoms with E-state index < -0.39 is 0 Å². The molecular weight excluding hydrogens is 290 g/mol. The second kappa shape index (κ2) is 6.58. The van der Waals surface area contributed by atoms with Crippen molar-refractivity contribution >= 4 is 15.9 Å². The Labute approximate surface area is 118 Å². The van der Waals surface area contributed by atoms with Crippen LogP contribution in [0.3, 0.4) is 0 Å². The first-order chi connectivity index (χ1) is 8.74. The van der Waals surface area contributed by atoms with Crippen molar-refractivity contribution in [3.8, 4) is 5.75 Å². The van der Waals surface area contributed by atoms with Gasteiger partial charge in [0.2, 0.25) is 0 Å². The summed E-state index contributed by atoms with van der Waals surface area (Å²) in [5, 5.41) is 1.07. The zero-order valence-electron chi connectivity index (χ0n) is 11.3. The molecule has 1 atom stereocenters. The molecule has 0 aliphatic carbocycles. The average molecular weight is 312 g/mol. The van der Waals surface area contributed by atoms with Crippen LogP contribution in [0, 0.1) is 6.92 Å². The highest BCUT2D eigenvalue weighted by Crippen LogP contribution is 2.26. The first-order valence-electron chi connectivity index (χ1n) is 6.68. The molecule has 0 bridgehead atoms. The van der Waals surface area contributed by atoms with E-state index in [0.29, 0.717) is 6.04 Å². The number of aryl methyl sites for hydroxylation is 1. The highest BCUT2D eigenvalue weighted by Gasteiger charge is 2.22. The van der Waals surface area contributed by atoms with Crippen molar-refractivity contribution in [2.45, 2.75) is 38.8 Å². The fraction of sp³-hybridized carbons (Fsp3) is 0.600. The fourth-order valence-corrected chi connectivity index (χ4v) is 3.43. The van der Waals surface area contributed by atoms with Crippen molar-refractivity contribution in [2.24, 2.45) is 0 Å². The molecule has 0 radical (unpaired) electrons. The number of hydrogen-bond donors (Lipinski definition) is 0. The maximum Gasteiger partial charge on any atom is 0.123 e. The summed E-state index contributed by atoms with van der Waals surface area (Å²) in [4.78, 5) is 2.58. The Morgan fingerprint density at radius 3 is 2.94 bits per heavy atom. The molecule has 1 fully saturated rings. The molecule has 1 saturated heterocycles. The van der Waals surface area contributed by atoms with Gasteiger partial charge in [0, 0.05) is 23.5 Å². The Kier molecular flexibility index (Phi) is 5.07. The summed E-state index contributed by atoms with van der Waals surface area (Å²) in [5.74, 6) is 1.01. The lowest BCUT2D eigenvalue weighted by atomic mass is 10.0. The molecule has 0 saturated carbocycles. The second-order valence-electron chi connectivity index (χ2n) is 5.09. The second-order valence-corrected chi connectivity index (χ2v) is 5.74. The molecule has 2 rings (SSSR count). The monoisotopic (exact) mass is 311 g/mol. The number of methoxy groups -OCH3 is 1. The predicted octanol–water partition coefficient (Wildman–Crippen LogP) is 3.75. The maximum absolute atomic E-state index is 5.47. The molecule has 0 amide bonds. The van der Waals surface area contributed by atoms with Gasteiger partial charge in [0.25, 0.3) is 0 Å². The Morgan fingerprint density at radius 2 is 2.22 bits per heavy atom. The van der Waals surface area contributed by atoms with Gasteiger partial charge in [0.15, 0.2) is 0 Å². The van der Waals surface area contributed by atoms with E-state index in [1.54, 1.807) is 7.11 Å². The molecule has 18 heavy (non-hydrogen) atoms. The minimum Gasteiger partial charge on any atom is -0.496 e. The minimum absolute atomic E-state index is 0.670. The van der Waals surface area contributed by atoms with E-state index in [1.807, 2.05) is 0 Å². The van der Waals surface area contributed by atoms with Crippen LogP contribution in [0.15, 0.2) is 18.2 Å². The van der Waals surface area contributed by atoms with E-state index in [9.17, 15) is 0 Å². The van der Waals surface area contributed by atoms with Gasteiger partial charge in [-0.25, -0.2) is 0 Å². The number of likely N-dealkylation sites (tertiary alicyclic amines) is 1. The van der Waals surface area contributed by atoms with Gasteiger partial charge in [-0.05, 0) is 32.4 Å². The van der Waals surface area contributed by atoms with Crippen LogP contribution in [0.5, 0.6) is 5.75 Å². The number of nitrogens with zero attached hydrogens (tertiary/aromatic N) is 1. The highest BCUT2D eigenvalue weighted by molar-refractivity contribution is 9.09. The number of piperidine rings is 1. The van der Waals surface area contributed by atoms with E-state index >= 15 is 0 Å². The molecule has 1 aromatic carbocycles. The van der Waals surface area contributed by atoms with Crippen molar-refractivity contribution < 1.29 is 4.74 Å². The average Bonchev–Trinajstić information content (AvgIpc) is 2.40. The van der Waals surface area contributed by atoms with Gasteiger partial charge in [-0.2, -0.15) is 0 Å². The zero-order valence-corrected chi connectivity index (χ0v) is 12.9. The quantitative estimate of drug-likeness (QED) is 0.785. The third-order valence-electron chi connectivity index (χ3n) is 3.74. The van der Waals surface area contributed by atoms with Gasteiger partial charge < -0.3 is 4.74 Å². The van der Waals surface area contributed by atoms with E-state index in [0.717, 1.165) is 17.6 Å². The Hall–Kier alpha value is -0.540. The van der Waals surface area contributed by atoms with Crippen molar-refractivity contribution in [2.75, 3.05) is 19.0 Å². The van der Waals surface area contributed by atoms with Crippen LogP contribution < -0.4 is 4.74 Å². The zero-order chi connectivity index (χ0) is 13.0. The summed E-state index contributed by atoms with van der Waals surface area (Å²) in [5.41, 5.74) is 2.61. The SMILES string of the molecule is COc1ccc(C)cc1CN1CCCCC1CBr. The summed E-state index contributed by atoms with van der Waals surface area (Å²) in [6.07, 6.45) is 3.98. The largest absolute Gasteiger partial charge is 0.496 e. The molecule has 1 aliphatic rings. The van der Waals surface area contributed by atoms with Gasteiger partial charge in [-0.3, -0.25) is 4.90 Å². The number of ether oxygens (including phenoxy) is 1. The van der Waals surface area contributed by atoms with Crippen LogP contribution in [-0.4, -0.2) is 29.9 Å². The molecule has 3 heteroatoms. The van der Waals surface area contributed by atoms with Gasteiger partial charge in [0.1, 0.15) is 5.75 Å². The van der Waals surface area contributed by atoms with Crippen LogP contribution in [0.2, 0.25) is 0 Å². The van der Waals surface area contributed by atoms with E-state index in [4.69, 9.17) is 4.74 Å². The molecular formula is C15H22BrNO. The Bertz CT molecular complexity index is 394. The van der Waals surface area contributed by atoms with E-state index in [-0.39, 0.29) is 0 Å². The molecule has 1 unspecified atom stereocenters. The highest BCUT2D eigenvalue weighted by atomic mass is 79.9. The molecule has 1 aliphatic heterocycles. The summed E-state index contributed by atoms with van der Waals surface area (Å²) in [6.45, 7) is 4.34. The van der Waals surface area contributed by atoms with E-state index in [1.165, 1.54) is 36.9 Å². The first kappa shape index (κ1) is 13.9. The van der Waals surface area contributed by atoms with Crippen molar-refractivity contribution in [1.29, 1.82) is 0 Å². The minimum atomic E-state index is 0.670. The maximum atomic E-state index is 5.47. The third kappa shape index (κ3) is 3.27. The summed E-state index contributed by atoms with van der Waals surface area (Å²) in [6, 6.07) is 7.11. The standard InChI is InChI=1S/C15H22BrNO/c1-12-6-7-15(18-2)13(9-12)11-17-8-4-3-5-14(17)10-16/h6-7,9,14H,3-5,8,10-11H2,1-2H3. The predicted molar refractivity (Wildman–Crippen MR) is 79.6 cm³/mol. The van der Waals surface area contributed by atoms with Crippen LogP contribution >= 0.6 is 15.9 Å². The van der Waals surface area contributed by atoms with Gasteiger partial charge >= 0.3 is 0 Å². The molecule has 0 N–H and O–H groups in total. The van der Waals surface area contributed by atoms with E-state index in [2.05, 4.69) is 46.0 Å². The van der Waals surface area contributed by atoms with Crippen molar-refractivity contribution in [3.05, 3.63) is 29.3 Å². The number of benzene rings is 1. The number of hydrogen-bond acceptors (Lipinski definition) is 2. The first-order valence-corrected chi connectivity index (χ1v) is 7.80. The topological polar surface area (TPSA) is 12.5 Å². The summed E-state index contributed by atoms with van der Waals surface area (Å²) >= 11 is 3.64. The van der Waals surface area contributed by atoms with Gasteiger partial charge in [-0.15, -0.1) is 0 Å². The molecule has 100 valence electrons. The van der Waals surface area contributed by atoms with Crippen LogP contribution in [0.1, 0.15) is 30.4 Å².